The third kappa shape index (κ3) is 3.44. The molecule has 17 heavy (non-hydrogen) atoms. The van der Waals surface area contributed by atoms with Crippen LogP contribution in [0, 0.1) is 5.82 Å². The molecule has 0 amide bonds. The summed E-state index contributed by atoms with van der Waals surface area (Å²) >= 11 is 1.49. The van der Waals surface area contributed by atoms with E-state index in [1.165, 1.54) is 23.9 Å². The fraction of sp³-hybridized carbons (Fsp3) is 0.417. The van der Waals surface area contributed by atoms with E-state index in [0.717, 1.165) is 11.3 Å². The highest BCUT2D eigenvalue weighted by Crippen LogP contribution is 2.27. The molecule has 92 valence electrons. The second-order valence-electron chi connectivity index (χ2n) is 3.93. The largest absolute Gasteiger partial charge is 0.479 e. The van der Waals surface area contributed by atoms with Crippen LogP contribution in [0.2, 0.25) is 0 Å². The Bertz CT molecular complexity index is 410. The molecular formula is C12H13FO3S. The number of ether oxygens (including phenoxy) is 1. The third-order valence-corrected chi connectivity index (χ3v) is 3.74. The Morgan fingerprint density at radius 2 is 2.35 bits per heavy atom. The highest BCUT2D eigenvalue weighted by atomic mass is 32.2. The van der Waals surface area contributed by atoms with Crippen molar-refractivity contribution < 1.29 is 19.0 Å². The molecule has 1 aromatic carbocycles. The predicted molar refractivity (Wildman–Crippen MR) is 62.7 cm³/mol. The molecular weight excluding hydrogens is 243 g/mol. The first-order valence-corrected chi connectivity index (χ1v) is 6.40. The molecule has 0 saturated carbocycles. The van der Waals surface area contributed by atoms with Crippen molar-refractivity contribution >= 4 is 17.7 Å². The lowest BCUT2D eigenvalue weighted by Gasteiger charge is -2.10. The van der Waals surface area contributed by atoms with Gasteiger partial charge >= 0.3 is 5.97 Å². The molecule has 0 bridgehead atoms. The van der Waals surface area contributed by atoms with Gasteiger partial charge in [-0.1, -0.05) is 6.07 Å². The summed E-state index contributed by atoms with van der Waals surface area (Å²) in [4.78, 5) is 11.5. The Hall–Kier alpha value is -1.07. The van der Waals surface area contributed by atoms with E-state index in [0.29, 0.717) is 12.2 Å². The van der Waals surface area contributed by atoms with Gasteiger partial charge in [-0.05, 0) is 31.0 Å². The quantitative estimate of drug-likeness (QED) is 0.841. The molecule has 0 aliphatic carbocycles. The Balaban J connectivity index is 1.82. The molecule has 2 atom stereocenters. The summed E-state index contributed by atoms with van der Waals surface area (Å²) in [5, 5.41) is 8.77. The van der Waals surface area contributed by atoms with Crippen molar-refractivity contribution in [3.63, 3.8) is 0 Å². The lowest BCUT2D eigenvalue weighted by atomic mass is 10.2. The molecule has 1 N–H and O–H groups in total. The molecule has 5 heteroatoms. The second-order valence-corrected chi connectivity index (χ2v) is 5.02. The number of carbonyl (C=O) groups is 1. The van der Waals surface area contributed by atoms with E-state index in [2.05, 4.69) is 0 Å². The van der Waals surface area contributed by atoms with Gasteiger partial charge in [-0.25, -0.2) is 9.18 Å². The van der Waals surface area contributed by atoms with Crippen molar-refractivity contribution in [2.45, 2.75) is 29.9 Å². The molecule has 0 radical (unpaired) electrons. The van der Waals surface area contributed by atoms with Crippen LogP contribution in [0.5, 0.6) is 0 Å². The highest BCUT2D eigenvalue weighted by Gasteiger charge is 2.30. The number of rotatable bonds is 4. The fourth-order valence-corrected chi connectivity index (χ4v) is 2.75. The summed E-state index contributed by atoms with van der Waals surface area (Å²) in [6.45, 7) is 0. The van der Waals surface area contributed by atoms with Gasteiger partial charge in [0, 0.05) is 10.6 Å². The zero-order valence-electron chi connectivity index (χ0n) is 9.14. The minimum absolute atomic E-state index is 0.0515. The van der Waals surface area contributed by atoms with Crippen LogP contribution in [0.15, 0.2) is 29.2 Å². The minimum Gasteiger partial charge on any atom is -0.479 e. The fourth-order valence-electron chi connectivity index (χ4n) is 1.76. The number of halogens is 1. The van der Waals surface area contributed by atoms with Crippen molar-refractivity contribution in [3.8, 4) is 0 Å². The van der Waals surface area contributed by atoms with Gasteiger partial charge in [0.2, 0.25) is 0 Å². The van der Waals surface area contributed by atoms with Crippen molar-refractivity contribution in [1.82, 2.24) is 0 Å². The van der Waals surface area contributed by atoms with E-state index >= 15 is 0 Å². The molecule has 2 rings (SSSR count). The topological polar surface area (TPSA) is 46.5 Å². The van der Waals surface area contributed by atoms with E-state index < -0.39 is 12.1 Å². The van der Waals surface area contributed by atoms with Gasteiger partial charge in [0.15, 0.2) is 6.10 Å². The number of benzene rings is 1. The Morgan fingerprint density at radius 1 is 1.53 bits per heavy atom. The maximum absolute atomic E-state index is 12.9. The van der Waals surface area contributed by atoms with Crippen molar-refractivity contribution in [1.29, 1.82) is 0 Å². The van der Waals surface area contributed by atoms with Crippen LogP contribution >= 0.6 is 11.8 Å². The first kappa shape index (κ1) is 12.4. The Morgan fingerprint density at radius 3 is 3.00 bits per heavy atom. The molecule has 0 spiro atoms. The maximum atomic E-state index is 12.9. The van der Waals surface area contributed by atoms with Crippen LogP contribution < -0.4 is 0 Å². The molecule has 3 nitrogen and oxygen atoms in total. The monoisotopic (exact) mass is 256 g/mol. The van der Waals surface area contributed by atoms with Crippen molar-refractivity contribution in [2.24, 2.45) is 0 Å². The summed E-state index contributed by atoms with van der Waals surface area (Å²) in [7, 11) is 0. The van der Waals surface area contributed by atoms with Gasteiger partial charge in [0.05, 0.1) is 6.10 Å². The molecule has 1 aliphatic heterocycles. The molecule has 0 aromatic heterocycles. The van der Waals surface area contributed by atoms with Crippen LogP contribution in [0.25, 0.3) is 0 Å². The van der Waals surface area contributed by atoms with Gasteiger partial charge < -0.3 is 9.84 Å². The average molecular weight is 256 g/mol. The molecule has 1 heterocycles. The minimum atomic E-state index is -0.900. The lowest BCUT2D eigenvalue weighted by molar-refractivity contribution is -0.148. The van der Waals surface area contributed by atoms with Crippen LogP contribution in [0.4, 0.5) is 4.39 Å². The molecule has 1 fully saturated rings. The van der Waals surface area contributed by atoms with Crippen molar-refractivity contribution in [2.75, 3.05) is 5.75 Å². The number of carboxylic acid groups (broad SMARTS) is 1. The Labute approximate surface area is 103 Å². The predicted octanol–water partition coefficient (Wildman–Crippen LogP) is 2.55. The number of thioether (sulfide) groups is 1. The molecule has 2 unspecified atom stereocenters. The summed E-state index contributed by atoms with van der Waals surface area (Å²) in [6.07, 6.45) is 0.584. The van der Waals surface area contributed by atoms with Gasteiger partial charge in [-0.15, -0.1) is 11.8 Å². The normalized spacial score (nSPS) is 23.8. The SMILES string of the molecule is O=C(O)C1CCC(CSc2cccc(F)c2)O1. The first-order chi connectivity index (χ1) is 8.15. The van der Waals surface area contributed by atoms with Crippen LogP contribution in [-0.2, 0) is 9.53 Å². The molecule has 1 aliphatic rings. The zero-order chi connectivity index (χ0) is 12.3. The van der Waals surface area contributed by atoms with E-state index in [1.807, 2.05) is 6.07 Å². The second kappa shape index (κ2) is 5.51. The number of carboxylic acids is 1. The molecule has 1 aromatic rings. The number of hydrogen-bond donors (Lipinski definition) is 1. The van der Waals surface area contributed by atoms with Crippen LogP contribution in [0.3, 0.4) is 0 Å². The van der Waals surface area contributed by atoms with E-state index in [-0.39, 0.29) is 11.9 Å². The number of aliphatic carboxylic acids is 1. The van der Waals surface area contributed by atoms with Gasteiger partial charge in [-0.3, -0.25) is 0 Å². The summed E-state index contributed by atoms with van der Waals surface area (Å²) in [5.74, 6) is -0.498. The molecule has 1 saturated heterocycles. The number of hydrogen-bond acceptors (Lipinski definition) is 3. The van der Waals surface area contributed by atoms with E-state index in [1.54, 1.807) is 6.07 Å². The Kier molecular flexibility index (Phi) is 4.02. The lowest BCUT2D eigenvalue weighted by Crippen LogP contribution is -2.21. The zero-order valence-corrected chi connectivity index (χ0v) is 9.95. The summed E-state index contributed by atoms with van der Waals surface area (Å²) in [5.41, 5.74) is 0. The van der Waals surface area contributed by atoms with Crippen molar-refractivity contribution in [3.05, 3.63) is 30.1 Å². The summed E-state index contributed by atoms with van der Waals surface area (Å²) < 4.78 is 18.3. The van der Waals surface area contributed by atoms with Crippen LogP contribution in [-0.4, -0.2) is 29.0 Å². The van der Waals surface area contributed by atoms with Crippen LogP contribution in [0.1, 0.15) is 12.8 Å². The standard InChI is InChI=1S/C12H13FO3S/c13-8-2-1-3-10(6-8)17-7-9-4-5-11(16-9)12(14)15/h1-3,6,9,11H,4-5,7H2,(H,14,15). The van der Waals surface area contributed by atoms with Gasteiger partial charge in [0.25, 0.3) is 0 Å². The van der Waals surface area contributed by atoms with Gasteiger partial charge in [-0.2, -0.15) is 0 Å². The average Bonchev–Trinajstić information content (AvgIpc) is 2.75. The van der Waals surface area contributed by atoms with Gasteiger partial charge in [0.1, 0.15) is 5.82 Å². The summed E-state index contributed by atoms with van der Waals surface area (Å²) in [6, 6.07) is 6.36. The van der Waals surface area contributed by atoms with E-state index in [9.17, 15) is 9.18 Å². The first-order valence-electron chi connectivity index (χ1n) is 5.42. The third-order valence-electron chi connectivity index (χ3n) is 2.61. The smallest absolute Gasteiger partial charge is 0.332 e. The highest BCUT2D eigenvalue weighted by molar-refractivity contribution is 7.99. The maximum Gasteiger partial charge on any atom is 0.332 e. The van der Waals surface area contributed by atoms with E-state index in [4.69, 9.17) is 9.84 Å².